The third-order valence-electron chi connectivity index (χ3n) is 4.86. The number of hydrogen-bond donors (Lipinski definition) is 1. The molecule has 1 aliphatic rings. The number of benzene rings is 2. The Labute approximate surface area is 150 Å². The van der Waals surface area contributed by atoms with Crippen LogP contribution in [0.1, 0.15) is 17.5 Å². The van der Waals surface area contributed by atoms with E-state index >= 15 is 0 Å². The van der Waals surface area contributed by atoms with Gasteiger partial charge in [-0.05, 0) is 43.1 Å². The predicted molar refractivity (Wildman–Crippen MR) is 99.1 cm³/mol. The van der Waals surface area contributed by atoms with Crippen molar-refractivity contribution >= 4 is 0 Å². The van der Waals surface area contributed by atoms with Gasteiger partial charge >= 0.3 is 0 Å². The summed E-state index contributed by atoms with van der Waals surface area (Å²) in [5.74, 6) is 1.75. The lowest BCUT2D eigenvalue weighted by molar-refractivity contribution is 0.0366. The van der Waals surface area contributed by atoms with E-state index in [2.05, 4.69) is 18.0 Å². The van der Waals surface area contributed by atoms with Gasteiger partial charge in [-0.15, -0.1) is 0 Å². The minimum Gasteiger partial charge on any atom is -0.493 e. The zero-order chi connectivity index (χ0) is 17.6. The van der Waals surface area contributed by atoms with Crippen LogP contribution in [0.4, 0.5) is 0 Å². The number of ether oxygens (including phenoxy) is 2. The van der Waals surface area contributed by atoms with Crippen molar-refractivity contribution in [2.24, 2.45) is 5.92 Å². The Bertz CT molecular complexity index is 674. The second-order valence-electron chi connectivity index (χ2n) is 6.84. The highest BCUT2D eigenvalue weighted by Gasteiger charge is 2.26. The van der Waals surface area contributed by atoms with E-state index in [0.29, 0.717) is 6.61 Å². The molecule has 1 N–H and O–H groups in total. The zero-order valence-corrected chi connectivity index (χ0v) is 15.0. The van der Waals surface area contributed by atoms with Gasteiger partial charge in [0.25, 0.3) is 0 Å². The number of methoxy groups -OCH3 is 1. The highest BCUT2D eigenvalue weighted by atomic mass is 16.5. The van der Waals surface area contributed by atoms with Crippen LogP contribution < -0.4 is 9.47 Å². The van der Waals surface area contributed by atoms with Gasteiger partial charge < -0.3 is 19.5 Å². The maximum Gasteiger partial charge on any atom is 0.161 e. The van der Waals surface area contributed by atoms with Crippen molar-refractivity contribution < 1.29 is 14.6 Å². The van der Waals surface area contributed by atoms with E-state index in [4.69, 9.17) is 9.47 Å². The highest BCUT2D eigenvalue weighted by molar-refractivity contribution is 5.43. The van der Waals surface area contributed by atoms with E-state index in [1.165, 1.54) is 5.56 Å². The minimum atomic E-state index is -0.226. The fraction of sp³-hybridized carbons (Fsp3) is 0.429. The van der Waals surface area contributed by atoms with Crippen LogP contribution in [-0.2, 0) is 13.0 Å². The van der Waals surface area contributed by atoms with Gasteiger partial charge in [-0.3, -0.25) is 0 Å². The van der Waals surface area contributed by atoms with Gasteiger partial charge in [-0.25, -0.2) is 0 Å². The smallest absolute Gasteiger partial charge is 0.161 e. The quantitative estimate of drug-likeness (QED) is 0.876. The molecule has 1 fully saturated rings. The molecule has 1 saturated heterocycles. The monoisotopic (exact) mass is 341 g/mol. The van der Waals surface area contributed by atoms with Crippen LogP contribution in [0.3, 0.4) is 0 Å². The Morgan fingerprint density at radius 3 is 2.64 bits per heavy atom. The molecule has 2 aromatic carbocycles. The van der Waals surface area contributed by atoms with E-state index in [9.17, 15) is 5.11 Å². The van der Waals surface area contributed by atoms with Crippen LogP contribution >= 0.6 is 0 Å². The summed E-state index contributed by atoms with van der Waals surface area (Å²) >= 11 is 0. The van der Waals surface area contributed by atoms with E-state index < -0.39 is 0 Å². The van der Waals surface area contributed by atoms with Crippen molar-refractivity contribution in [1.29, 1.82) is 0 Å². The van der Waals surface area contributed by atoms with Crippen LogP contribution in [0.2, 0.25) is 0 Å². The topological polar surface area (TPSA) is 41.9 Å². The number of rotatable bonds is 6. The molecule has 4 heteroatoms. The molecule has 0 spiro atoms. The van der Waals surface area contributed by atoms with Crippen molar-refractivity contribution in [2.75, 3.05) is 27.2 Å². The first kappa shape index (κ1) is 17.8. The maximum absolute atomic E-state index is 10.3. The average molecular weight is 341 g/mol. The summed E-state index contributed by atoms with van der Waals surface area (Å²) in [7, 11) is 3.78. The van der Waals surface area contributed by atoms with Crippen LogP contribution in [0.5, 0.6) is 11.5 Å². The molecule has 2 unspecified atom stereocenters. The number of nitrogens with zero attached hydrogens (tertiary/aromatic N) is 1. The number of aliphatic hydroxyl groups is 1. The van der Waals surface area contributed by atoms with Gasteiger partial charge in [-0.2, -0.15) is 0 Å². The van der Waals surface area contributed by atoms with Gasteiger partial charge in [-0.1, -0.05) is 36.4 Å². The predicted octanol–water partition coefficient (Wildman–Crippen LogP) is 3.13. The largest absolute Gasteiger partial charge is 0.493 e. The first-order chi connectivity index (χ1) is 12.2. The standard InChI is InChI=1S/C21H27NO3/c1-22-11-10-19(23)18(14-22)12-17-8-9-20(21(13-17)24-2)25-15-16-6-4-3-5-7-16/h3-9,13,18-19,23H,10-12,14-15H2,1-2H3. The summed E-state index contributed by atoms with van der Waals surface area (Å²) in [5, 5.41) is 10.3. The summed E-state index contributed by atoms with van der Waals surface area (Å²) in [5.41, 5.74) is 2.30. The molecule has 0 radical (unpaired) electrons. The Kier molecular flexibility index (Phi) is 5.95. The van der Waals surface area contributed by atoms with Crippen LogP contribution in [0, 0.1) is 5.92 Å². The molecule has 2 aromatic rings. The molecule has 3 rings (SSSR count). The zero-order valence-electron chi connectivity index (χ0n) is 15.0. The Hall–Kier alpha value is -2.04. The molecule has 2 atom stereocenters. The van der Waals surface area contributed by atoms with Gasteiger partial charge in [0.1, 0.15) is 6.61 Å². The molecule has 0 aliphatic carbocycles. The molecular weight excluding hydrogens is 314 g/mol. The first-order valence-corrected chi connectivity index (χ1v) is 8.86. The average Bonchev–Trinajstić information content (AvgIpc) is 2.64. The molecule has 134 valence electrons. The molecular formula is C21H27NO3. The minimum absolute atomic E-state index is 0.226. The molecule has 1 aliphatic heterocycles. The number of aliphatic hydroxyl groups excluding tert-OH is 1. The summed E-state index contributed by atoms with van der Waals surface area (Å²) in [4.78, 5) is 2.28. The van der Waals surface area contributed by atoms with Gasteiger partial charge in [0, 0.05) is 19.0 Å². The van der Waals surface area contributed by atoms with Crippen LogP contribution in [0.15, 0.2) is 48.5 Å². The van der Waals surface area contributed by atoms with Crippen molar-refractivity contribution in [3.63, 3.8) is 0 Å². The summed E-state index contributed by atoms with van der Waals surface area (Å²) in [6, 6.07) is 16.2. The van der Waals surface area contributed by atoms with Crippen LogP contribution in [0.25, 0.3) is 0 Å². The molecule has 0 amide bonds. The van der Waals surface area contributed by atoms with Gasteiger partial charge in [0.15, 0.2) is 11.5 Å². The Morgan fingerprint density at radius 2 is 1.88 bits per heavy atom. The lowest BCUT2D eigenvalue weighted by atomic mass is 9.89. The molecule has 0 bridgehead atoms. The SMILES string of the molecule is COc1cc(CC2CN(C)CCC2O)ccc1OCc1ccccc1. The number of likely N-dealkylation sites (tertiary alicyclic amines) is 1. The van der Waals surface area contributed by atoms with E-state index in [1.807, 2.05) is 42.5 Å². The number of hydrogen-bond acceptors (Lipinski definition) is 4. The van der Waals surface area contributed by atoms with Gasteiger partial charge in [0.2, 0.25) is 0 Å². The fourth-order valence-corrected chi connectivity index (χ4v) is 3.40. The van der Waals surface area contributed by atoms with Crippen LogP contribution in [-0.4, -0.2) is 43.4 Å². The lowest BCUT2D eigenvalue weighted by Crippen LogP contribution is -2.41. The normalized spacial score (nSPS) is 21.1. The van der Waals surface area contributed by atoms with E-state index in [0.717, 1.165) is 43.0 Å². The van der Waals surface area contributed by atoms with Crippen molar-refractivity contribution in [3.05, 3.63) is 59.7 Å². The van der Waals surface area contributed by atoms with Gasteiger partial charge in [0.05, 0.1) is 13.2 Å². The molecule has 0 aromatic heterocycles. The second-order valence-corrected chi connectivity index (χ2v) is 6.84. The van der Waals surface area contributed by atoms with E-state index in [-0.39, 0.29) is 12.0 Å². The molecule has 4 nitrogen and oxygen atoms in total. The summed E-state index contributed by atoms with van der Waals surface area (Å²) < 4.78 is 11.4. The fourth-order valence-electron chi connectivity index (χ4n) is 3.40. The Morgan fingerprint density at radius 1 is 1.08 bits per heavy atom. The molecule has 1 heterocycles. The maximum atomic E-state index is 10.3. The molecule has 25 heavy (non-hydrogen) atoms. The highest BCUT2D eigenvalue weighted by Crippen LogP contribution is 2.31. The summed E-state index contributed by atoms with van der Waals surface area (Å²) in [6.07, 6.45) is 1.47. The number of piperidine rings is 1. The lowest BCUT2D eigenvalue weighted by Gasteiger charge is -2.34. The van der Waals surface area contributed by atoms with Crippen molar-refractivity contribution in [1.82, 2.24) is 4.90 Å². The van der Waals surface area contributed by atoms with Crippen molar-refractivity contribution in [2.45, 2.75) is 25.6 Å². The third kappa shape index (κ3) is 4.74. The molecule has 0 saturated carbocycles. The third-order valence-corrected chi connectivity index (χ3v) is 4.86. The summed E-state index contributed by atoms with van der Waals surface area (Å²) in [6.45, 7) is 2.41. The first-order valence-electron chi connectivity index (χ1n) is 8.86. The Balaban J connectivity index is 1.66. The second kappa shape index (κ2) is 8.37. The van der Waals surface area contributed by atoms with Crippen molar-refractivity contribution in [3.8, 4) is 11.5 Å². The van der Waals surface area contributed by atoms with E-state index in [1.54, 1.807) is 7.11 Å².